The van der Waals surface area contributed by atoms with E-state index in [-0.39, 0.29) is 0 Å². The third kappa shape index (κ3) is 2.55. The number of halogens is 1. The fourth-order valence-electron chi connectivity index (χ4n) is 1.15. The molecule has 0 N–H and O–H groups in total. The Morgan fingerprint density at radius 1 is 1.00 bits per heavy atom. The minimum atomic E-state index is -0.415. The van der Waals surface area contributed by atoms with Crippen molar-refractivity contribution in [2.45, 2.75) is 18.7 Å². The monoisotopic (exact) mass is 214 g/mol. The van der Waals surface area contributed by atoms with Gasteiger partial charge in [-0.25, -0.2) is 0 Å². The fraction of sp³-hybridized carbons (Fsp3) is 0.455. The van der Waals surface area contributed by atoms with E-state index in [4.69, 9.17) is 21.1 Å². The third-order valence-corrected chi connectivity index (χ3v) is 2.26. The van der Waals surface area contributed by atoms with Crippen LogP contribution in [0.1, 0.15) is 19.4 Å². The van der Waals surface area contributed by atoms with Crippen LogP contribution >= 0.6 is 11.6 Å². The summed E-state index contributed by atoms with van der Waals surface area (Å²) < 4.78 is 10.3. The lowest BCUT2D eigenvalue weighted by Crippen LogP contribution is -2.07. The molecule has 0 aliphatic rings. The maximum absolute atomic E-state index is 6.21. The Balaban J connectivity index is 3.17. The number of methoxy groups -OCH3 is 2. The third-order valence-electron chi connectivity index (χ3n) is 2.04. The van der Waals surface area contributed by atoms with E-state index in [9.17, 15) is 0 Å². The first-order valence-corrected chi connectivity index (χ1v) is 4.77. The number of rotatable bonds is 3. The summed E-state index contributed by atoms with van der Waals surface area (Å²) in [5.41, 5.74) is 0.982. The number of alkyl halides is 1. The zero-order valence-corrected chi connectivity index (χ0v) is 9.68. The molecule has 0 heterocycles. The second-order valence-corrected chi connectivity index (χ2v) is 4.52. The maximum atomic E-state index is 6.21. The Bertz CT molecular complexity index is 293. The van der Waals surface area contributed by atoms with Crippen molar-refractivity contribution in [1.29, 1.82) is 0 Å². The van der Waals surface area contributed by atoms with Crippen molar-refractivity contribution in [3.8, 4) is 11.5 Å². The van der Waals surface area contributed by atoms with Crippen molar-refractivity contribution in [2.24, 2.45) is 0 Å². The highest BCUT2D eigenvalue weighted by atomic mass is 35.5. The van der Waals surface area contributed by atoms with Gasteiger partial charge < -0.3 is 9.47 Å². The van der Waals surface area contributed by atoms with Gasteiger partial charge in [0.05, 0.1) is 19.1 Å². The largest absolute Gasteiger partial charge is 0.497 e. The molecular weight excluding hydrogens is 200 g/mol. The molecule has 2 nitrogen and oxygen atoms in total. The number of ether oxygens (including phenoxy) is 2. The first-order valence-electron chi connectivity index (χ1n) is 4.40. The van der Waals surface area contributed by atoms with Crippen LogP contribution in [0.3, 0.4) is 0 Å². The summed E-state index contributed by atoms with van der Waals surface area (Å²) >= 11 is 6.21. The summed E-state index contributed by atoms with van der Waals surface area (Å²) in [5, 5.41) is 0. The minimum absolute atomic E-state index is 0.415. The zero-order chi connectivity index (χ0) is 10.8. The predicted octanol–water partition coefficient (Wildman–Crippen LogP) is 3.18. The van der Waals surface area contributed by atoms with Crippen molar-refractivity contribution < 1.29 is 9.47 Å². The van der Waals surface area contributed by atoms with Gasteiger partial charge in [-0.15, -0.1) is 11.6 Å². The van der Waals surface area contributed by atoms with Gasteiger partial charge in [0.1, 0.15) is 11.5 Å². The molecule has 0 aliphatic heterocycles. The molecule has 0 bridgehead atoms. The smallest absolute Gasteiger partial charge is 0.122 e. The van der Waals surface area contributed by atoms with Crippen LogP contribution in [-0.4, -0.2) is 14.2 Å². The van der Waals surface area contributed by atoms with Crippen molar-refractivity contribution in [1.82, 2.24) is 0 Å². The molecule has 0 fully saturated rings. The maximum Gasteiger partial charge on any atom is 0.122 e. The normalized spacial score (nSPS) is 11.2. The van der Waals surface area contributed by atoms with E-state index in [1.165, 1.54) is 0 Å². The van der Waals surface area contributed by atoms with Crippen LogP contribution in [-0.2, 0) is 4.87 Å². The topological polar surface area (TPSA) is 18.5 Å². The SMILES string of the molecule is COc1cc(OC)cc(C(C)(C)Cl)c1. The lowest BCUT2D eigenvalue weighted by molar-refractivity contribution is 0.392. The van der Waals surface area contributed by atoms with Crippen LogP contribution in [0, 0.1) is 0 Å². The summed E-state index contributed by atoms with van der Waals surface area (Å²) in [6, 6.07) is 5.65. The van der Waals surface area contributed by atoms with Crippen LogP contribution < -0.4 is 9.47 Å². The fourth-order valence-corrected chi connectivity index (χ4v) is 1.26. The van der Waals surface area contributed by atoms with Gasteiger partial charge in [-0.05, 0) is 31.5 Å². The number of hydrogen-bond acceptors (Lipinski definition) is 2. The summed E-state index contributed by atoms with van der Waals surface area (Å²) in [7, 11) is 3.25. The molecule has 0 radical (unpaired) electrons. The average molecular weight is 215 g/mol. The Hall–Kier alpha value is -0.890. The molecule has 0 atom stereocenters. The molecule has 3 heteroatoms. The molecule has 0 aromatic heterocycles. The predicted molar refractivity (Wildman–Crippen MR) is 58.4 cm³/mol. The van der Waals surface area contributed by atoms with Crippen LogP contribution in [0.15, 0.2) is 18.2 Å². The van der Waals surface area contributed by atoms with Gasteiger partial charge in [-0.3, -0.25) is 0 Å². The number of hydrogen-bond donors (Lipinski definition) is 0. The molecule has 0 unspecified atom stereocenters. The highest BCUT2D eigenvalue weighted by Gasteiger charge is 2.18. The molecule has 0 amide bonds. The van der Waals surface area contributed by atoms with Gasteiger partial charge in [0.15, 0.2) is 0 Å². The molecule has 1 rings (SSSR count). The Morgan fingerprint density at radius 3 is 1.71 bits per heavy atom. The summed E-state index contributed by atoms with van der Waals surface area (Å²) in [6.45, 7) is 3.87. The number of benzene rings is 1. The van der Waals surface area contributed by atoms with Crippen molar-refractivity contribution in [3.05, 3.63) is 23.8 Å². The van der Waals surface area contributed by atoms with Gasteiger partial charge in [0.2, 0.25) is 0 Å². The van der Waals surface area contributed by atoms with Crippen molar-refractivity contribution in [2.75, 3.05) is 14.2 Å². The van der Waals surface area contributed by atoms with E-state index < -0.39 is 4.87 Å². The van der Waals surface area contributed by atoms with Crippen molar-refractivity contribution in [3.63, 3.8) is 0 Å². The van der Waals surface area contributed by atoms with Gasteiger partial charge in [0, 0.05) is 6.07 Å². The van der Waals surface area contributed by atoms with Crippen LogP contribution in [0.25, 0.3) is 0 Å². The molecule has 14 heavy (non-hydrogen) atoms. The van der Waals surface area contributed by atoms with E-state index in [1.807, 2.05) is 32.0 Å². The van der Waals surface area contributed by atoms with E-state index >= 15 is 0 Å². The molecule has 0 spiro atoms. The van der Waals surface area contributed by atoms with Gasteiger partial charge >= 0.3 is 0 Å². The first-order chi connectivity index (χ1) is 6.47. The molecule has 78 valence electrons. The second-order valence-electron chi connectivity index (χ2n) is 3.57. The molecule has 1 aromatic rings. The lowest BCUT2D eigenvalue weighted by Gasteiger charge is -2.18. The summed E-state index contributed by atoms with van der Waals surface area (Å²) in [6.07, 6.45) is 0. The Kier molecular flexibility index (Phi) is 3.27. The molecular formula is C11H15ClO2. The standard InChI is InChI=1S/C11H15ClO2/c1-11(2,12)8-5-9(13-3)7-10(6-8)14-4/h5-7H,1-4H3. The molecule has 0 aliphatic carbocycles. The Morgan fingerprint density at radius 2 is 1.43 bits per heavy atom. The van der Waals surface area contributed by atoms with Gasteiger partial charge in [-0.2, -0.15) is 0 Å². The van der Waals surface area contributed by atoms with E-state index in [0.717, 1.165) is 17.1 Å². The molecule has 1 aromatic carbocycles. The van der Waals surface area contributed by atoms with Crippen LogP contribution in [0.5, 0.6) is 11.5 Å². The highest BCUT2D eigenvalue weighted by molar-refractivity contribution is 6.23. The lowest BCUT2D eigenvalue weighted by atomic mass is 10.0. The molecule has 0 saturated heterocycles. The second kappa shape index (κ2) is 4.09. The zero-order valence-electron chi connectivity index (χ0n) is 8.93. The van der Waals surface area contributed by atoms with E-state index in [1.54, 1.807) is 14.2 Å². The molecule has 0 saturated carbocycles. The van der Waals surface area contributed by atoms with Crippen LogP contribution in [0.2, 0.25) is 0 Å². The quantitative estimate of drug-likeness (QED) is 0.720. The minimum Gasteiger partial charge on any atom is -0.497 e. The summed E-state index contributed by atoms with van der Waals surface area (Å²) in [4.78, 5) is -0.415. The van der Waals surface area contributed by atoms with Crippen LogP contribution in [0.4, 0.5) is 0 Å². The summed E-state index contributed by atoms with van der Waals surface area (Å²) in [5.74, 6) is 1.51. The van der Waals surface area contributed by atoms with Gasteiger partial charge in [0.25, 0.3) is 0 Å². The van der Waals surface area contributed by atoms with E-state index in [0.29, 0.717) is 0 Å². The first kappa shape index (κ1) is 11.2. The van der Waals surface area contributed by atoms with Gasteiger partial charge in [-0.1, -0.05) is 0 Å². The van der Waals surface area contributed by atoms with E-state index in [2.05, 4.69) is 0 Å². The highest BCUT2D eigenvalue weighted by Crippen LogP contribution is 2.33. The Labute approximate surface area is 89.8 Å². The van der Waals surface area contributed by atoms with Crippen molar-refractivity contribution >= 4 is 11.6 Å². The average Bonchev–Trinajstić information content (AvgIpc) is 2.15.